The normalized spacial score (nSPS) is 9.85. The highest BCUT2D eigenvalue weighted by atomic mass is 14.7. The molecular weight excluding hydrogens is 160 g/mol. The second kappa shape index (κ2) is 2.87. The zero-order chi connectivity index (χ0) is 9.26. The Balaban J connectivity index is 2.75. The molecule has 13 heavy (non-hydrogen) atoms. The predicted molar refractivity (Wildman–Crippen MR) is 51.2 cm³/mol. The standard InChI is InChI=1S/C11H8N2/c1-8-2-3-9-5-11(6-12)13-7-10(9)4-8/h2-5,7H,1H3. The zero-order valence-electron chi connectivity index (χ0n) is 7.28. The van der Waals surface area contributed by atoms with Crippen LogP contribution in [0.3, 0.4) is 0 Å². The van der Waals surface area contributed by atoms with Gasteiger partial charge in [-0.25, -0.2) is 4.98 Å². The van der Waals surface area contributed by atoms with Crippen LogP contribution in [0.25, 0.3) is 10.8 Å². The minimum Gasteiger partial charge on any atom is -0.245 e. The van der Waals surface area contributed by atoms with Crippen molar-refractivity contribution in [3.8, 4) is 6.07 Å². The van der Waals surface area contributed by atoms with E-state index in [4.69, 9.17) is 5.26 Å². The molecule has 0 saturated carbocycles. The second-order valence-corrected chi connectivity index (χ2v) is 3.03. The summed E-state index contributed by atoms with van der Waals surface area (Å²) in [6, 6.07) is 9.92. The number of fused-ring (bicyclic) bond motifs is 1. The quantitative estimate of drug-likeness (QED) is 0.605. The van der Waals surface area contributed by atoms with Crippen molar-refractivity contribution in [3.05, 3.63) is 41.7 Å². The van der Waals surface area contributed by atoms with E-state index in [1.54, 1.807) is 12.3 Å². The maximum atomic E-state index is 8.64. The highest BCUT2D eigenvalue weighted by molar-refractivity contribution is 5.83. The van der Waals surface area contributed by atoms with Crippen LogP contribution >= 0.6 is 0 Å². The zero-order valence-corrected chi connectivity index (χ0v) is 7.28. The van der Waals surface area contributed by atoms with Gasteiger partial charge in [-0.15, -0.1) is 0 Å². The molecule has 62 valence electrons. The molecule has 1 heterocycles. The van der Waals surface area contributed by atoms with E-state index in [0.29, 0.717) is 5.69 Å². The summed E-state index contributed by atoms with van der Waals surface area (Å²) in [6.45, 7) is 2.04. The van der Waals surface area contributed by atoms with Crippen molar-refractivity contribution in [1.29, 1.82) is 5.26 Å². The van der Waals surface area contributed by atoms with Crippen LogP contribution in [0.5, 0.6) is 0 Å². The lowest BCUT2D eigenvalue weighted by atomic mass is 10.1. The number of nitrogens with zero attached hydrogens (tertiary/aromatic N) is 2. The van der Waals surface area contributed by atoms with Gasteiger partial charge in [0.05, 0.1) is 0 Å². The number of pyridine rings is 1. The number of aryl methyl sites for hydroxylation is 1. The molecule has 0 aliphatic carbocycles. The van der Waals surface area contributed by atoms with Crippen LogP contribution in [0, 0.1) is 18.3 Å². The molecule has 0 radical (unpaired) electrons. The van der Waals surface area contributed by atoms with Gasteiger partial charge < -0.3 is 0 Å². The van der Waals surface area contributed by atoms with E-state index >= 15 is 0 Å². The van der Waals surface area contributed by atoms with E-state index in [-0.39, 0.29) is 0 Å². The van der Waals surface area contributed by atoms with E-state index in [9.17, 15) is 0 Å². The van der Waals surface area contributed by atoms with Gasteiger partial charge in [0.25, 0.3) is 0 Å². The predicted octanol–water partition coefficient (Wildman–Crippen LogP) is 2.41. The van der Waals surface area contributed by atoms with Crippen molar-refractivity contribution in [2.75, 3.05) is 0 Å². The van der Waals surface area contributed by atoms with Crippen molar-refractivity contribution in [2.45, 2.75) is 6.92 Å². The average molecular weight is 168 g/mol. The highest BCUT2D eigenvalue weighted by Crippen LogP contribution is 2.15. The Morgan fingerprint density at radius 1 is 1.23 bits per heavy atom. The third-order valence-electron chi connectivity index (χ3n) is 1.99. The fraction of sp³-hybridized carbons (Fsp3) is 0.0909. The van der Waals surface area contributed by atoms with E-state index < -0.39 is 0 Å². The molecule has 1 aromatic heterocycles. The molecule has 0 bridgehead atoms. The van der Waals surface area contributed by atoms with Crippen molar-refractivity contribution >= 4 is 10.8 Å². The summed E-state index contributed by atoms with van der Waals surface area (Å²) in [6.07, 6.45) is 1.74. The lowest BCUT2D eigenvalue weighted by molar-refractivity contribution is 1.29. The summed E-state index contributed by atoms with van der Waals surface area (Å²) in [5.74, 6) is 0. The minimum atomic E-state index is 0.469. The summed E-state index contributed by atoms with van der Waals surface area (Å²) in [5.41, 5.74) is 1.68. The molecule has 0 atom stereocenters. The SMILES string of the molecule is Cc1ccc2cc(C#N)ncc2c1. The Morgan fingerprint density at radius 2 is 2.08 bits per heavy atom. The molecule has 0 spiro atoms. The second-order valence-electron chi connectivity index (χ2n) is 3.03. The van der Waals surface area contributed by atoms with Crippen molar-refractivity contribution in [1.82, 2.24) is 4.98 Å². The van der Waals surface area contributed by atoms with Crippen LogP contribution in [0.15, 0.2) is 30.5 Å². The Morgan fingerprint density at radius 3 is 2.85 bits per heavy atom. The molecule has 2 rings (SSSR count). The number of hydrogen-bond donors (Lipinski definition) is 0. The number of aromatic nitrogens is 1. The molecule has 1 aromatic carbocycles. The molecule has 0 amide bonds. The molecule has 0 N–H and O–H groups in total. The van der Waals surface area contributed by atoms with Crippen LogP contribution in [-0.2, 0) is 0 Å². The molecule has 2 heteroatoms. The minimum absolute atomic E-state index is 0.469. The maximum absolute atomic E-state index is 8.64. The molecular formula is C11H8N2. The number of benzene rings is 1. The average Bonchev–Trinajstić information content (AvgIpc) is 2.17. The molecule has 0 unspecified atom stereocenters. The molecule has 0 saturated heterocycles. The fourth-order valence-corrected chi connectivity index (χ4v) is 1.32. The Bertz CT molecular complexity index is 495. The molecule has 2 nitrogen and oxygen atoms in total. The Hall–Kier alpha value is -1.88. The van der Waals surface area contributed by atoms with Crippen LogP contribution in [0.4, 0.5) is 0 Å². The summed E-state index contributed by atoms with van der Waals surface area (Å²) >= 11 is 0. The third kappa shape index (κ3) is 1.36. The van der Waals surface area contributed by atoms with E-state index in [0.717, 1.165) is 10.8 Å². The van der Waals surface area contributed by atoms with Gasteiger partial charge in [-0.1, -0.05) is 17.7 Å². The lowest BCUT2D eigenvalue weighted by Crippen LogP contribution is -1.82. The van der Waals surface area contributed by atoms with Gasteiger partial charge in [-0.2, -0.15) is 5.26 Å². The topological polar surface area (TPSA) is 36.7 Å². The van der Waals surface area contributed by atoms with Crippen LogP contribution in [-0.4, -0.2) is 4.98 Å². The molecule has 2 aromatic rings. The van der Waals surface area contributed by atoms with Crippen LogP contribution in [0.1, 0.15) is 11.3 Å². The summed E-state index contributed by atoms with van der Waals surface area (Å²) in [7, 11) is 0. The lowest BCUT2D eigenvalue weighted by Gasteiger charge is -1.98. The number of nitriles is 1. The van der Waals surface area contributed by atoms with Gasteiger partial charge in [0.2, 0.25) is 0 Å². The fourth-order valence-electron chi connectivity index (χ4n) is 1.32. The van der Waals surface area contributed by atoms with Gasteiger partial charge >= 0.3 is 0 Å². The van der Waals surface area contributed by atoms with E-state index in [1.807, 2.05) is 25.1 Å². The van der Waals surface area contributed by atoms with E-state index in [2.05, 4.69) is 11.1 Å². The maximum Gasteiger partial charge on any atom is 0.141 e. The van der Waals surface area contributed by atoms with E-state index in [1.165, 1.54) is 5.56 Å². The Labute approximate surface area is 76.5 Å². The summed E-state index contributed by atoms with van der Waals surface area (Å²) in [5, 5.41) is 10.8. The van der Waals surface area contributed by atoms with Gasteiger partial charge in [-0.05, 0) is 24.4 Å². The van der Waals surface area contributed by atoms with Gasteiger partial charge in [0.15, 0.2) is 0 Å². The van der Waals surface area contributed by atoms with Crippen LogP contribution in [0.2, 0.25) is 0 Å². The first kappa shape index (κ1) is 7.75. The first-order chi connectivity index (χ1) is 6.29. The Kier molecular flexibility index (Phi) is 1.71. The number of hydrogen-bond acceptors (Lipinski definition) is 2. The highest BCUT2D eigenvalue weighted by Gasteiger charge is 1.96. The van der Waals surface area contributed by atoms with Crippen molar-refractivity contribution in [2.24, 2.45) is 0 Å². The smallest absolute Gasteiger partial charge is 0.141 e. The number of rotatable bonds is 0. The first-order valence-electron chi connectivity index (χ1n) is 4.06. The largest absolute Gasteiger partial charge is 0.245 e. The van der Waals surface area contributed by atoms with Crippen LogP contribution < -0.4 is 0 Å². The van der Waals surface area contributed by atoms with Crippen molar-refractivity contribution < 1.29 is 0 Å². The van der Waals surface area contributed by atoms with Gasteiger partial charge in [0.1, 0.15) is 11.8 Å². The summed E-state index contributed by atoms with van der Waals surface area (Å²) in [4.78, 5) is 4.01. The monoisotopic (exact) mass is 168 g/mol. The van der Waals surface area contributed by atoms with Gasteiger partial charge in [0, 0.05) is 11.6 Å². The summed E-state index contributed by atoms with van der Waals surface area (Å²) < 4.78 is 0. The molecule has 0 aliphatic rings. The van der Waals surface area contributed by atoms with Crippen molar-refractivity contribution in [3.63, 3.8) is 0 Å². The molecule has 0 aliphatic heterocycles. The molecule has 0 fully saturated rings. The first-order valence-corrected chi connectivity index (χ1v) is 4.06. The van der Waals surface area contributed by atoms with Gasteiger partial charge in [-0.3, -0.25) is 0 Å². The third-order valence-corrected chi connectivity index (χ3v) is 1.99.